The van der Waals surface area contributed by atoms with Gasteiger partial charge in [0.05, 0.1) is 41.5 Å². The van der Waals surface area contributed by atoms with Gasteiger partial charge in [0.25, 0.3) is 0 Å². The number of rotatable bonds is 7. The van der Waals surface area contributed by atoms with Crippen LogP contribution in [0.4, 0.5) is 8.78 Å². The minimum Gasteiger partial charge on any atom is -0.480 e. The van der Waals surface area contributed by atoms with E-state index in [9.17, 15) is 17.2 Å². The molecule has 1 unspecified atom stereocenters. The molecule has 12 heteroatoms. The van der Waals surface area contributed by atoms with Crippen LogP contribution in [0.2, 0.25) is 0 Å². The molecule has 1 atom stereocenters. The van der Waals surface area contributed by atoms with Crippen molar-refractivity contribution in [1.82, 2.24) is 19.5 Å². The molecular weight excluding hydrogens is 550 g/mol. The zero-order valence-corrected chi connectivity index (χ0v) is 24.3. The van der Waals surface area contributed by atoms with Gasteiger partial charge in [-0.25, -0.2) is 28.0 Å². The van der Waals surface area contributed by atoms with Gasteiger partial charge in [0.15, 0.2) is 9.84 Å². The summed E-state index contributed by atoms with van der Waals surface area (Å²) in [6.45, 7) is 1.72. The number of hydrogen-bond acceptors (Lipinski definition) is 8. The molecule has 0 bridgehead atoms. The second kappa shape index (κ2) is 10.6. The molecule has 218 valence electrons. The maximum absolute atomic E-state index is 14.3. The van der Waals surface area contributed by atoms with E-state index in [1.54, 1.807) is 20.2 Å². The van der Waals surface area contributed by atoms with Crippen LogP contribution in [-0.4, -0.2) is 54.3 Å². The Labute approximate surface area is 237 Å². The van der Waals surface area contributed by atoms with Crippen LogP contribution < -0.4 is 16.3 Å². The number of fused-ring (bicyclic) bond motifs is 3. The van der Waals surface area contributed by atoms with Gasteiger partial charge in [-0.15, -0.1) is 0 Å². The Morgan fingerprint density at radius 1 is 1.17 bits per heavy atom. The minimum absolute atomic E-state index is 0.00312. The van der Waals surface area contributed by atoms with Crippen molar-refractivity contribution >= 4 is 37.5 Å². The van der Waals surface area contributed by atoms with Gasteiger partial charge in [-0.3, -0.25) is 4.98 Å². The highest BCUT2D eigenvalue weighted by Gasteiger charge is 2.40. The zero-order valence-electron chi connectivity index (χ0n) is 23.4. The number of pyridine rings is 2. The fourth-order valence-corrected chi connectivity index (χ4v) is 6.88. The summed E-state index contributed by atoms with van der Waals surface area (Å²) in [4.78, 5) is 9.08. The molecule has 0 radical (unpaired) electrons. The first kappa shape index (κ1) is 28.7. The van der Waals surface area contributed by atoms with Crippen molar-refractivity contribution in [2.45, 2.75) is 49.5 Å². The zero-order chi connectivity index (χ0) is 29.7. The summed E-state index contributed by atoms with van der Waals surface area (Å²) in [5, 5.41) is 1.82. The van der Waals surface area contributed by atoms with E-state index in [0.717, 1.165) is 11.8 Å². The number of ether oxygens (including phenoxy) is 1. The highest BCUT2D eigenvalue weighted by Crippen LogP contribution is 2.47. The Morgan fingerprint density at radius 3 is 2.39 bits per heavy atom. The first-order valence-electron chi connectivity index (χ1n) is 13.3. The van der Waals surface area contributed by atoms with Crippen molar-refractivity contribution in [3.63, 3.8) is 0 Å². The van der Waals surface area contributed by atoms with Crippen LogP contribution in [0.1, 0.15) is 49.8 Å². The van der Waals surface area contributed by atoms with Crippen molar-refractivity contribution in [2.24, 2.45) is 17.5 Å². The molecular formula is C29H34F2N6O3S. The fraction of sp³-hybridized carbons (Fsp3) is 0.379. The third-order valence-electron chi connectivity index (χ3n) is 7.81. The van der Waals surface area contributed by atoms with E-state index in [-0.39, 0.29) is 42.4 Å². The summed E-state index contributed by atoms with van der Waals surface area (Å²) < 4.78 is 62.6. The van der Waals surface area contributed by atoms with E-state index in [4.69, 9.17) is 21.3 Å². The maximum atomic E-state index is 14.3. The number of allylic oxidation sites excluding steroid dienone is 1. The number of halogens is 2. The van der Waals surface area contributed by atoms with Gasteiger partial charge in [0, 0.05) is 43.6 Å². The van der Waals surface area contributed by atoms with Crippen LogP contribution in [0.15, 0.2) is 59.4 Å². The third-order valence-corrected chi connectivity index (χ3v) is 8.91. The number of nitrogens with two attached hydrogens (primary N) is 2. The standard InChI is InChI=1S/C29H34F2N6O3S/c1-17(32)25(36(2)33)20-14-21-24(34-15-20)23-27(22(41(4,38)39)16-35-28(23)40-3)37(21)26(18-8-6-5-7-9-18)19-10-12-29(30,31)13-11-19/h5-9,14-16,19,26H,10-13,32-33H2,1-4H3/b25-17-. The summed E-state index contributed by atoms with van der Waals surface area (Å²) in [6, 6.07) is 10.9. The number of hydrogen-bond donors (Lipinski definition) is 2. The van der Waals surface area contributed by atoms with E-state index < -0.39 is 21.8 Å². The maximum Gasteiger partial charge on any atom is 0.248 e. The molecule has 1 aliphatic carbocycles. The number of methoxy groups -OCH3 is 1. The van der Waals surface area contributed by atoms with E-state index in [1.165, 1.54) is 18.3 Å². The van der Waals surface area contributed by atoms with Gasteiger partial charge in [0.1, 0.15) is 10.4 Å². The van der Waals surface area contributed by atoms with Crippen LogP contribution in [0.5, 0.6) is 5.88 Å². The van der Waals surface area contributed by atoms with E-state index in [1.807, 2.05) is 41.0 Å². The van der Waals surface area contributed by atoms with Gasteiger partial charge in [-0.1, -0.05) is 30.3 Å². The van der Waals surface area contributed by atoms with Crippen LogP contribution in [0.25, 0.3) is 27.6 Å². The molecule has 1 aliphatic rings. The molecule has 0 aliphatic heterocycles. The molecule has 3 heterocycles. The molecule has 1 fully saturated rings. The smallest absolute Gasteiger partial charge is 0.248 e. The normalized spacial score (nSPS) is 17.4. The Bertz CT molecular complexity index is 1740. The molecule has 41 heavy (non-hydrogen) atoms. The van der Waals surface area contributed by atoms with E-state index >= 15 is 0 Å². The summed E-state index contributed by atoms with van der Waals surface area (Å²) in [7, 11) is -0.668. The van der Waals surface area contributed by atoms with Crippen LogP contribution >= 0.6 is 0 Å². The molecule has 0 amide bonds. The Hall–Kier alpha value is -3.77. The Balaban J connectivity index is 1.96. The number of hydrazine groups is 1. The molecule has 4 N–H and O–H groups in total. The lowest BCUT2D eigenvalue weighted by Gasteiger charge is -2.36. The predicted molar refractivity (Wildman–Crippen MR) is 155 cm³/mol. The number of sulfone groups is 1. The SMILES string of the molecule is COc1ncc(S(C)(=O)=O)c2c1c1ncc(/C(=C(\C)N)N(C)N)cc1n2C(c1ccccc1)C1CCC(F)(F)CC1. The monoisotopic (exact) mass is 584 g/mol. The van der Waals surface area contributed by atoms with Gasteiger partial charge >= 0.3 is 0 Å². The van der Waals surface area contributed by atoms with Gasteiger partial charge in [-0.05, 0) is 37.3 Å². The molecule has 1 aromatic carbocycles. The number of alkyl halides is 2. The average molecular weight is 585 g/mol. The molecule has 0 saturated heterocycles. The molecule has 5 rings (SSSR count). The summed E-state index contributed by atoms with van der Waals surface area (Å²) in [5.74, 6) is 3.39. The molecule has 3 aromatic heterocycles. The van der Waals surface area contributed by atoms with E-state index in [0.29, 0.717) is 38.9 Å². The highest BCUT2D eigenvalue weighted by atomic mass is 32.2. The summed E-state index contributed by atoms with van der Waals surface area (Å²) in [5.41, 5.74) is 10.1. The first-order chi connectivity index (χ1) is 19.3. The van der Waals surface area contributed by atoms with Crippen molar-refractivity contribution in [3.8, 4) is 5.88 Å². The summed E-state index contributed by atoms with van der Waals surface area (Å²) in [6.07, 6.45) is 4.05. The van der Waals surface area contributed by atoms with Gasteiger partial charge in [-0.2, -0.15) is 0 Å². The molecule has 0 spiro atoms. The predicted octanol–water partition coefficient (Wildman–Crippen LogP) is 4.86. The van der Waals surface area contributed by atoms with Crippen molar-refractivity contribution in [3.05, 3.63) is 65.6 Å². The second-order valence-electron chi connectivity index (χ2n) is 10.8. The Morgan fingerprint density at radius 2 is 1.83 bits per heavy atom. The van der Waals surface area contributed by atoms with Crippen LogP contribution in [0, 0.1) is 5.92 Å². The number of aromatic nitrogens is 3. The minimum atomic E-state index is -3.79. The number of nitrogens with zero attached hydrogens (tertiary/aromatic N) is 4. The fourth-order valence-electron chi connectivity index (χ4n) is 6.08. The molecule has 9 nitrogen and oxygen atoms in total. The quantitative estimate of drug-likeness (QED) is 0.233. The summed E-state index contributed by atoms with van der Waals surface area (Å²) >= 11 is 0. The van der Waals surface area contributed by atoms with Gasteiger partial charge in [0.2, 0.25) is 11.8 Å². The van der Waals surface area contributed by atoms with Crippen molar-refractivity contribution < 1.29 is 21.9 Å². The first-order valence-corrected chi connectivity index (χ1v) is 15.2. The largest absolute Gasteiger partial charge is 0.480 e. The number of benzene rings is 1. The lowest BCUT2D eigenvalue weighted by molar-refractivity contribution is -0.0493. The lowest BCUT2D eigenvalue weighted by atomic mass is 9.79. The van der Waals surface area contributed by atoms with E-state index in [2.05, 4.69) is 4.98 Å². The van der Waals surface area contributed by atoms with Crippen molar-refractivity contribution in [1.29, 1.82) is 0 Å². The average Bonchev–Trinajstić information content (AvgIpc) is 3.23. The second-order valence-corrected chi connectivity index (χ2v) is 12.8. The molecule has 4 aromatic rings. The van der Waals surface area contributed by atoms with Crippen LogP contribution in [0.3, 0.4) is 0 Å². The lowest BCUT2D eigenvalue weighted by Crippen LogP contribution is -2.30. The van der Waals surface area contributed by atoms with Gasteiger partial charge < -0.3 is 20.0 Å². The topological polar surface area (TPSA) is 129 Å². The van der Waals surface area contributed by atoms with Crippen LogP contribution in [-0.2, 0) is 9.84 Å². The third kappa shape index (κ3) is 5.21. The highest BCUT2D eigenvalue weighted by molar-refractivity contribution is 7.91. The van der Waals surface area contributed by atoms with Crippen molar-refractivity contribution in [2.75, 3.05) is 20.4 Å². The molecule has 1 saturated carbocycles. The Kier molecular flexibility index (Phi) is 7.41.